The first-order valence-corrected chi connectivity index (χ1v) is 16.8. The van der Waals surface area contributed by atoms with Gasteiger partial charge in [-0.05, 0) is 123 Å². The van der Waals surface area contributed by atoms with Crippen LogP contribution >= 0.6 is 0 Å². The molecule has 4 aliphatic carbocycles. The zero-order valence-electron chi connectivity index (χ0n) is 24.9. The quantitative estimate of drug-likeness (QED) is 0.315. The highest BCUT2D eigenvalue weighted by molar-refractivity contribution is 7.89. The second-order valence-electron chi connectivity index (χ2n) is 13.8. The Morgan fingerprint density at radius 2 is 1.88 bits per heavy atom. The summed E-state index contributed by atoms with van der Waals surface area (Å²) in [4.78, 5) is 14.5. The van der Waals surface area contributed by atoms with Crippen molar-refractivity contribution in [2.24, 2.45) is 51.4 Å². The maximum atomic E-state index is 12.8. The van der Waals surface area contributed by atoms with E-state index in [0.29, 0.717) is 41.9 Å². The first-order chi connectivity index (χ1) is 18.9. The van der Waals surface area contributed by atoms with Crippen molar-refractivity contribution in [2.45, 2.75) is 103 Å². The van der Waals surface area contributed by atoms with E-state index in [0.717, 1.165) is 62.6 Å². The van der Waals surface area contributed by atoms with Crippen LogP contribution in [0.5, 0.6) is 0 Å². The van der Waals surface area contributed by atoms with Gasteiger partial charge in [0.25, 0.3) is 10.0 Å². The Kier molecular flexibility index (Phi) is 8.16. The van der Waals surface area contributed by atoms with Gasteiger partial charge in [0.2, 0.25) is 0 Å². The number of hydrogen-bond acceptors (Lipinski definition) is 6. The van der Waals surface area contributed by atoms with E-state index in [9.17, 15) is 18.3 Å². The van der Waals surface area contributed by atoms with E-state index < -0.39 is 10.0 Å². The van der Waals surface area contributed by atoms with Gasteiger partial charge in [0, 0.05) is 12.1 Å². The van der Waals surface area contributed by atoms with Crippen LogP contribution in [-0.4, -0.2) is 38.4 Å². The molecule has 1 aromatic rings. The molecule has 0 aromatic heterocycles. The number of aliphatic hydroxyl groups is 1. The van der Waals surface area contributed by atoms with Gasteiger partial charge in [-0.2, -0.15) is 13.5 Å². The molecule has 0 bridgehead atoms. The number of fused-ring (bicyclic) bond motifs is 5. The van der Waals surface area contributed by atoms with E-state index in [2.05, 4.69) is 30.7 Å². The number of carbonyl (C=O) groups excluding carboxylic acids is 1. The van der Waals surface area contributed by atoms with Crippen molar-refractivity contribution in [1.82, 2.24) is 4.83 Å². The molecule has 4 saturated carbocycles. The summed E-state index contributed by atoms with van der Waals surface area (Å²) in [6, 6.07) is 6.83. The van der Waals surface area contributed by atoms with Gasteiger partial charge in [-0.1, -0.05) is 38.5 Å². The third-order valence-electron chi connectivity index (χ3n) is 12.1. The molecular weight excluding hydrogens is 524 g/mol. The molecule has 0 heterocycles. The minimum absolute atomic E-state index is 0.102. The Labute approximate surface area is 240 Å². The maximum absolute atomic E-state index is 12.8. The van der Waals surface area contributed by atoms with Gasteiger partial charge in [0.15, 0.2) is 0 Å². The number of ether oxygens (including phenoxy) is 1. The number of hydrogen-bond donors (Lipinski definition) is 2. The van der Waals surface area contributed by atoms with Crippen LogP contribution in [0.15, 0.2) is 34.3 Å². The molecule has 40 heavy (non-hydrogen) atoms. The molecule has 0 saturated heterocycles. The molecule has 0 radical (unpaired) electrons. The normalized spacial score (nSPS) is 39.1. The van der Waals surface area contributed by atoms with Gasteiger partial charge in [-0.25, -0.2) is 4.83 Å². The largest absolute Gasteiger partial charge is 0.469 e. The topological polar surface area (TPSA) is 105 Å². The fourth-order valence-electron chi connectivity index (χ4n) is 9.63. The minimum atomic E-state index is -3.68. The summed E-state index contributed by atoms with van der Waals surface area (Å²) in [5, 5.41) is 16.2. The first kappa shape index (κ1) is 29.6. The standard InChI is InChI=1S/C32H48N2O5S/c1-20-6-10-24(11-7-20)40(37,38)34-33-23-16-17-31(3)22(18-23)9-12-25-27-14-13-26(21(2)8-15-30(36)39-5)32(27,4)29(35)19-28(25)31/h6-7,10-11,21-22,25-29,34-35H,8-9,12-19H2,1-5H3/t21-,22-,25+,26-,27+,28+,29+,31+,32-/m1/s1. The smallest absolute Gasteiger partial charge is 0.305 e. The Balaban J connectivity index is 1.27. The van der Waals surface area contributed by atoms with Gasteiger partial charge < -0.3 is 9.84 Å². The number of aryl methyl sites for hydroxylation is 1. The van der Waals surface area contributed by atoms with Crippen LogP contribution in [0.1, 0.15) is 90.5 Å². The monoisotopic (exact) mass is 572 g/mol. The number of hydrazone groups is 1. The summed E-state index contributed by atoms with van der Waals surface area (Å²) in [6.07, 6.45) is 8.96. The Bertz CT molecular complexity index is 1230. The van der Waals surface area contributed by atoms with Crippen molar-refractivity contribution in [3.05, 3.63) is 29.8 Å². The van der Waals surface area contributed by atoms with Crippen LogP contribution in [0.25, 0.3) is 0 Å². The van der Waals surface area contributed by atoms with Crippen molar-refractivity contribution in [2.75, 3.05) is 7.11 Å². The zero-order chi connectivity index (χ0) is 28.9. The third kappa shape index (κ3) is 5.12. The summed E-state index contributed by atoms with van der Waals surface area (Å²) >= 11 is 0. The lowest BCUT2D eigenvalue weighted by Crippen LogP contribution is -2.58. The second-order valence-corrected chi connectivity index (χ2v) is 15.5. The molecule has 1 aromatic carbocycles. The highest BCUT2D eigenvalue weighted by Crippen LogP contribution is 2.68. The molecule has 4 fully saturated rings. The molecule has 9 atom stereocenters. The first-order valence-electron chi connectivity index (χ1n) is 15.3. The molecule has 5 rings (SSSR count). The number of benzene rings is 1. The summed E-state index contributed by atoms with van der Waals surface area (Å²) < 4.78 is 30.5. The van der Waals surface area contributed by atoms with Gasteiger partial charge in [-0.3, -0.25) is 4.79 Å². The number of carbonyl (C=O) groups is 1. The van der Waals surface area contributed by atoms with Crippen molar-refractivity contribution in [1.29, 1.82) is 0 Å². The van der Waals surface area contributed by atoms with Gasteiger partial charge >= 0.3 is 5.97 Å². The lowest BCUT2D eigenvalue weighted by Gasteiger charge is -2.62. The maximum Gasteiger partial charge on any atom is 0.305 e. The van der Waals surface area contributed by atoms with Gasteiger partial charge in [-0.15, -0.1) is 0 Å². The van der Waals surface area contributed by atoms with Crippen molar-refractivity contribution in [3.8, 4) is 0 Å². The predicted octanol–water partition coefficient (Wildman–Crippen LogP) is 5.85. The number of nitrogens with zero attached hydrogens (tertiary/aromatic N) is 1. The van der Waals surface area contributed by atoms with E-state index in [1.807, 2.05) is 6.92 Å². The molecule has 0 unspecified atom stereocenters. The summed E-state index contributed by atoms with van der Waals surface area (Å²) in [7, 11) is -2.23. The molecular formula is C32H48N2O5S. The number of rotatable bonds is 7. The number of aliphatic hydroxyl groups excluding tert-OH is 1. The summed E-state index contributed by atoms with van der Waals surface area (Å²) in [5.74, 6) is 2.73. The van der Waals surface area contributed by atoms with Crippen LogP contribution in [0.2, 0.25) is 0 Å². The Morgan fingerprint density at radius 3 is 2.58 bits per heavy atom. The minimum Gasteiger partial charge on any atom is -0.469 e. The third-order valence-corrected chi connectivity index (χ3v) is 13.3. The lowest BCUT2D eigenvalue weighted by atomic mass is 9.43. The number of nitrogens with one attached hydrogen (secondary N) is 1. The molecule has 8 heteroatoms. The average molecular weight is 573 g/mol. The van der Waals surface area contributed by atoms with E-state index >= 15 is 0 Å². The van der Waals surface area contributed by atoms with E-state index in [1.54, 1.807) is 24.3 Å². The van der Waals surface area contributed by atoms with Gasteiger partial charge in [0.05, 0.1) is 18.1 Å². The van der Waals surface area contributed by atoms with E-state index in [-0.39, 0.29) is 27.8 Å². The fourth-order valence-corrected chi connectivity index (χ4v) is 10.5. The number of esters is 1. The van der Waals surface area contributed by atoms with E-state index in [1.165, 1.54) is 13.5 Å². The molecule has 4 aliphatic rings. The van der Waals surface area contributed by atoms with Gasteiger partial charge in [0.1, 0.15) is 0 Å². The number of sulfonamides is 1. The summed E-state index contributed by atoms with van der Waals surface area (Å²) in [5.41, 5.74) is 1.99. The molecule has 2 N–H and O–H groups in total. The van der Waals surface area contributed by atoms with Crippen molar-refractivity contribution < 1.29 is 23.1 Å². The highest BCUT2D eigenvalue weighted by atomic mass is 32.2. The summed E-state index contributed by atoms with van der Waals surface area (Å²) in [6.45, 7) is 8.96. The predicted molar refractivity (Wildman–Crippen MR) is 156 cm³/mol. The highest BCUT2D eigenvalue weighted by Gasteiger charge is 2.63. The Hall–Kier alpha value is -1.93. The molecule has 0 aliphatic heterocycles. The zero-order valence-corrected chi connectivity index (χ0v) is 25.7. The van der Waals surface area contributed by atoms with Crippen molar-refractivity contribution >= 4 is 21.7 Å². The van der Waals surface area contributed by atoms with Crippen LogP contribution in [0.3, 0.4) is 0 Å². The molecule has 222 valence electrons. The SMILES string of the molecule is COC(=O)CC[C@@H](C)[C@H]1CC[C@H]2[C@@H]3CC[C@@H]4CC(=NNS(=O)(=O)c5ccc(C)cc5)CC[C@]4(C)[C@H]3C[C@H](O)[C@]12C. The van der Waals surface area contributed by atoms with Crippen LogP contribution in [-0.2, 0) is 19.6 Å². The molecule has 7 nitrogen and oxygen atoms in total. The van der Waals surface area contributed by atoms with Crippen LogP contribution < -0.4 is 4.83 Å². The van der Waals surface area contributed by atoms with E-state index in [4.69, 9.17) is 4.74 Å². The average Bonchev–Trinajstić information content (AvgIpc) is 3.30. The number of methoxy groups -OCH3 is 1. The Morgan fingerprint density at radius 1 is 1.15 bits per heavy atom. The van der Waals surface area contributed by atoms with Crippen LogP contribution in [0, 0.1) is 53.3 Å². The second kappa shape index (κ2) is 11.0. The molecule has 0 amide bonds. The lowest BCUT2D eigenvalue weighted by molar-refractivity contribution is -0.163. The fraction of sp³-hybridized carbons (Fsp3) is 0.750. The van der Waals surface area contributed by atoms with Crippen LogP contribution in [0.4, 0.5) is 0 Å². The molecule has 0 spiro atoms. The van der Waals surface area contributed by atoms with Crippen molar-refractivity contribution in [3.63, 3.8) is 0 Å².